The van der Waals surface area contributed by atoms with Gasteiger partial charge < -0.3 is 4.74 Å². The molecule has 2 nitrogen and oxygen atoms in total. The predicted molar refractivity (Wildman–Crippen MR) is 62.8 cm³/mol. The van der Waals surface area contributed by atoms with Gasteiger partial charge in [0.15, 0.2) is 0 Å². The van der Waals surface area contributed by atoms with Crippen molar-refractivity contribution in [2.75, 3.05) is 0 Å². The summed E-state index contributed by atoms with van der Waals surface area (Å²) < 4.78 is 19.2. The third-order valence-corrected chi connectivity index (χ3v) is 3.20. The standard InChI is InChI=1S/C14H16FNO/c15-14-7-6-11(9-16)8-12(14)10-17-13-4-2-1-3-5-13/h6-8,13H,1-5,10H2. The van der Waals surface area contributed by atoms with E-state index in [-0.39, 0.29) is 18.5 Å². The van der Waals surface area contributed by atoms with Gasteiger partial charge in [-0.05, 0) is 31.0 Å². The van der Waals surface area contributed by atoms with Gasteiger partial charge in [-0.3, -0.25) is 0 Å². The van der Waals surface area contributed by atoms with Crippen molar-refractivity contribution >= 4 is 0 Å². The summed E-state index contributed by atoms with van der Waals surface area (Å²) in [5.41, 5.74) is 0.961. The van der Waals surface area contributed by atoms with Crippen molar-refractivity contribution in [3.8, 4) is 6.07 Å². The number of ether oxygens (including phenoxy) is 1. The maximum absolute atomic E-state index is 13.5. The number of halogens is 1. The van der Waals surface area contributed by atoms with Crippen LogP contribution in [0, 0.1) is 17.1 Å². The van der Waals surface area contributed by atoms with E-state index in [1.54, 1.807) is 6.07 Å². The highest BCUT2D eigenvalue weighted by molar-refractivity contribution is 5.33. The Kier molecular flexibility index (Phi) is 4.11. The van der Waals surface area contributed by atoms with E-state index in [1.807, 2.05) is 6.07 Å². The Labute approximate surface area is 101 Å². The van der Waals surface area contributed by atoms with Crippen LogP contribution in [0.4, 0.5) is 4.39 Å². The first-order chi connectivity index (χ1) is 8.29. The lowest BCUT2D eigenvalue weighted by Crippen LogP contribution is -2.16. The molecular formula is C14H16FNO. The maximum atomic E-state index is 13.5. The molecule has 17 heavy (non-hydrogen) atoms. The van der Waals surface area contributed by atoms with Gasteiger partial charge in [0.05, 0.1) is 24.3 Å². The molecule has 0 spiro atoms. The molecule has 1 aliphatic rings. The van der Waals surface area contributed by atoms with Gasteiger partial charge in [-0.2, -0.15) is 5.26 Å². The third kappa shape index (κ3) is 3.28. The molecular weight excluding hydrogens is 217 g/mol. The smallest absolute Gasteiger partial charge is 0.128 e. The molecule has 0 unspecified atom stereocenters. The van der Waals surface area contributed by atoms with Gasteiger partial charge in [0, 0.05) is 5.56 Å². The van der Waals surface area contributed by atoms with Crippen molar-refractivity contribution in [2.24, 2.45) is 0 Å². The Morgan fingerprint density at radius 2 is 2.06 bits per heavy atom. The minimum absolute atomic E-state index is 0.258. The van der Waals surface area contributed by atoms with Gasteiger partial charge in [0.25, 0.3) is 0 Å². The van der Waals surface area contributed by atoms with Crippen LogP contribution in [-0.4, -0.2) is 6.10 Å². The predicted octanol–water partition coefficient (Wildman–Crippen LogP) is 3.55. The Morgan fingerprint density at radius 3 is 2.76 bits per heavy atom. The summed E-state index contributed by atoms with van der Waals surface area (Å²) in [5.74, 6) is -0.292. The molecule has 0 saturated heterocycles. The highest BCUT2D eigenvalue weighted by Gasteiger charge is 2.14. The summed E-state index contributed by atoms with van der Waals surface area (Å²) in [4.78, 5) is 0. The van der Waals surface area contributed by atoms with E-state index >= 15 is 0 Å². The molecule has 2 rings (SSSR count). The van der Waals surface area contributed by atoms with E-state index in [4.69, 9.17) is 10.00 Å². The molecule has 1 aromatic rings. The van der Waals surface area contributed by atoms with Crippen LogP contribution in [-0.2, 0) is 11.3 Å². The molecule has 1 aliphatic carbocycles. The van der Waals surface area contributed by atoms with E-state index in [0.29, 0.717) is 11.1 Å². The van der Waals surface area contributed by atoms with E-state index in [9.17, 15) is 4.39 Å². The maximum Gasteiger partial charge on any atom is 0.128 e. The van der Waals surface area contributed by atoms with Gasteiger partial charge in [-0.15, -0.1) is 0 Å². The number of nitriles is 1. The zero-order valence-electron chi connectivity index (χ0n) is 9.79. The Morgan fingerprint density at radius 1 is 1.29 bits per heavy atom. The molecule has 0 radical (unpaired) electrons. The SMILES string of the molecule is N#Cc1ccc(F)c(COC2CCCCC2)c1. The summed E-state index contributed by atoms with van der Waals surface area (Å²) >= 11 is 0. The fraction of sp³-hybridized carbons (Fsp3) is 0.500. The molecule has 90 valence electrons. The molecule has 0 heterocycles. The third-order valence-electron chi connectivity index (χ3n) is 3.20. The molecule has 1 fully saturated rings. The van der Waals surface area contributed by atoms with Crippen LogP contribution in [0.15, 0.2) is 18.2 Å². The molecule has 3 heteroatoms. The second-order valence-corrected chi connectivity index (χ2v) is 4.49. The van der Waals surface area contributed by atoms with Crippen molar-refractivity contribution in [3.05, 3.63) is 35.1 Å². The van der Waals surface area contributed by atoms with Gasteiger partial charge in [-0.25, -0.2) is 4.39 Å². The number of hydrogen-bond donors (Lipinski definition) is 0. The average Bonchev–Trinajstić information content (AvgIpc) is 2.39. The van der Waals surface area contributed by atoms with Crippen LogP contribution >= 0.6 is 0 Å². The van der Waals surface area contributed by atoms with Crippen LogP contribution in [0.5, 0.6) is 0 Å². The number of rotatable bonds is 3. The van der Waals surface area contributed by atoms with Crippen molar-refractivity contribution in [1.82, 2.24) is 0 Å². The molecule has 0 aliphatic heterocycles. The minimum atomic E-state index is -0.292. The van der Waals surface area contributed by atoms with Crippen molar-refractivity contribution in [3.63, 3.8) is 0 Å². The first-order valence-corrected chi connectivity index (χ1v) is 6.10. The normalized spacial score (nSPS) is 16.7. The fourth-order valence-electron chi connectivity index (χ4n) is 2.19. The molecule has 1 saturated carbocycles. The van der Waals surface area contributed by atoms with Gasteiger partial charge in [0.2, 0.25) is 0 Å². The molecule has 0 N–H and O–H groups in total. The van der Waals surface area contributed by atoms with E-state index in [2.05, 4.69) is 0 Å². The van der Waals surface area contributed by atoms with Gasteiger partial charge in [-0.1, -0.05) is 19.3 Å². The number of nitrogens with zero attached hydrogens (tertiary/aromatic N) is 1. The number of hydrogen-bond acceptors (Lipinski definition) is 2. The van der Waals surface area contributed by atoms with Crippen molar-refractivity contribution in [1.29, 1.82) is 5.26 Å². The van der Waals surface area contributed by atoms with E-state index < -0.39 is 0 Å². The quantitative estimate of drug-likeness (QED) is 0.799. The van der Waals surface area contributed by atoms with Crippen LogP contribution in [0.25, 0.3) is 0 Å². The first kappa shape index (κ1) is 12.1. The van der Waals surface area contributed by atoms with Crippen LogP contribution in [0.2, 0.25) is 0 Å². The Bertz CT molecular complexity index is 419. The fourth-order valence-corrected chi connectivity index (χ4v) is 2.19. The first-order valence-electron chi connectivity index (χ1n) is 6.10. The van der Waals surface area contributed by atoms with E-state index in [0.717, 1.165) is 12.8 Å². The second kappa shape index (κ2) is 5.79. The number of benzene rings is 1. The lowest BCUT2D eigenvalue weighted by molar-refractivity contribution is 0.0156. The second-order valence-electron chi connectivity index (χ2n) is 4.49. The molecule has 0 amide bonds. The van der Waals surface area contributed by atoms with Crippen LogP contribution in [0.3, 0.4) is 0 Å². The molecule has 0 aromatic heterocycles. The van der Waals surface area contributed by atoms with Crippen molar-refractivity contribution < 1.29 is 9.13 Å². The largest absolute Gasteiger partial charge is 0.373 e. The average molecular weight is 233 g/mol. The molecule has 0 atom stereocenters. The minimum Gasteiger partial charge on any atom is -0.373 e. The summed E-state index contributed by atoms with van der Waals surface area (Å²) in [6.45, 7) is 0.270. The summed E-state index contributed by atoms with van der Waals surface area (Å²) in [5, 5.41) is 8.76. The Balaban J connectivity index is 1.95. The highest BCUT2D eigenvalue weighted by atomic mass is 19.1. The lowest BCUT2D eigenvalue weighted by atomic mass is 9.98. The van der Waals surface area contributed by atoms with Crippen LogP contribution in [0.1, 0.15) is 43.2 Å². The van der Waals surface area contributed by atoms with Crippen molar-refractivity contribution in [2.45, 2.75) is 44.8 Å². The summed E-state index contributed by atoms with van der Waals surface area (Å²) in [6, 6.07) is 6.39. The zero-order chi connectivity index (χ0) is 12.1. The molecule has 1 aromatic carbocycles. The van der Waals surface area contributed by atoms with Crippen LogP contribution < -0.4 is 0 Å². The molecule has 0 bridgehead atoms. The highest BCUT2D eigenvalue weighted by Crippen LogP contribution is 2.22. The van der Waals surface area contributed by atoms with Gasteiger partial charge >= 0.3 is 0 Å². The Hall–Kier alpha value is -1.40. The monoisotopic (exact) mass is 233 g/mol. The lowest BCUT2D eigenvalue weighted by Gasteiger charge is -2.22. The zero-order valence-corrected chi connectivity index (χ0v) is 9.79. The van der Waals surface area contributed by atoms with E-state index in [1.165, 1.54) is 31.4 Å². The topological polar surface area (TPSA) is 33.0 Å². The van der Waals surface area contributed by atoms with Gasteiger partial charge in [0.1, 0.15) is 5.82 Å². The summed E-state index contributed by atoms with van der Waals surface area (Å²) in [6.07, 6.45) is 6.07. The summed E-state index contributed by atoms with van der Waals surface area (Å²) in [7, 11) is 0.